The van der Waals surface area contributed by atoms with Crippen LogP contribution >= 0.6 is 0 Å². The second kappa shape index (κ2) is 9.51. The molecule has 0 bridgehead atoms. The molecule has 158 valence electrons. The van der Waals surface area contributed by atoms with Crippen molar-refractivity contribution in [1.82, 2.24) is 10.3 Å². The third-order valence-electron chi connectivity index (χ3n) is 5.58. The van der Waals surface area contributed by atoms with Crippen molar-refractivity contribution >= 4 is 28.7 Å². The highest BCUT2D eigenvalue weighted by atomic mass is 16.5. The Morgan fingerprint density at radius 3 is 2.42 bits per heavy atom. The number of pyridine rings is 1. The molecule has 3 aromatic rings. The minimum Gasteiger partial charge on any atom is -0.452 e. The van der Waals surface area contributed by atoms with Crippen molar-refractivity contribution in [3.05, 3.63) is 66.2 Å². The van der Waals surface area contributed by atoms with Crippen LogP contribution < -0.4 is 5.32 Å². The zero-order chi connectivity index (χ0) is 21.6. The van der Waals surface area contributed by atoms with Crippen molar-refractivity contribution in [2.75, 3.05) is 6.61 Å². The minimum atomic E-state index is -0.629. The van der Waals surface area contributed by atoms with Gasteiger partial charge < -0.3 is 4.74 Å². The molecule has 6 nitrogen and oxygen atoms in total. The molecule has 1 aliphatic rings. The Morgan fingerprint density at radius 1 is 0.935 bits per heavy atom. The number of benzene rings is 2. The smallest absolute Gasteiger partial charge is 0.339 e. The number of para-hydroxylation sites is 1. The van der Waals surface area contributed by atoms with E-state index in [1.807, 2.05) is 48.5 Å². The average Bonchev–Trinajstić information content (AvgIpc) is 2.83. The Labute approximate surface area is 180 Å². The zero-order valence-electron chi connectivity index (χ0n) is 17.2. The highest BCUT2D eigenvalue weighted by molar-refractivity contribution is 6.05. The Morgan fingerprint density at radius 2 is 1.65 bits per heavy atom. The van der Waals surface area contributed by atoms with Gasteiger partial charge in [-0.25, -0.2) is 9.78 Å². The van der Waals surface area contributed by atoms with Gasteiger partial charge in [0.05, 0.1) is 16.8 Å². The molecule has 1 aromatic heterocycles. The lowest BCUT2D eigenvalue weighted by Crippen LogP contribution is -2.38. The SMILES string of the molecule is O=C(COC(=O)c1cc(-c2ccccc2)nc2ccccc12)NC(=O)C1CCCCC1. The molecule has 2 amide bonds. The summed E-state index contributed by atoms with van der Waals surface area (Å²) in [6.45, 7) is -0.505. The molecule has 2 aromatic carbocycles. The predicted molar refractivity (Wildman–Crippen MR) is 117 cm³/mol. The summed E-state index contributed by atoms with van der Waals surface area (Å²) < 4.78 is 5.25. The van der Waals surface area contributed by atoms with Gasteiger partial charge in [0.25, 0.3) is 5.91 Å². The fourth-order valence-corrected chi connectivity index (χ4v) is 3.95. The summed E-state index contributed by atoms with van der Waals surface area (Å²) in [6, 6.07) is 18.5. The lowest BCUT2D eigenvalue weighted by Gasteiger charge is -2.20. The average molecular weight is 416 g/mol. The van der Waals surface area contributed by atoms with E-state index >= 15 is 0 Å². The van der Waals surface area contributed by atoms with E-state index in [0.717, 1.165) is 37.7 Å². The fourth-order valence-electron chi connectivity index (χ4n) is 3.95. The molecule has 0 unspecified atom stereocenters. The molecule has 0 radical (unpaired) electrons. The number of amides is 2. The summed E-state index contributed by atoms with van der Waals surface area (Å²) in [7, 11) is 0. The number of ether oxygens (including phenoxy) is 1. The third kappa shape index (κ3) is 4.97. The molecule has 0 spiro atoms. The lowest BCUT2D eigenvalue weighted by molar-refractivity contribution is -0.135. The van der Waals surface area contributed by atoms with Crippen molar-refractivity contribution in [3.63, 3.8) is 0 Å². The van der Waals surface area contributed by atoms with Crippen LogP contribution in [0.25, 0.3) is 22.2 Å². The second-order valence-electron chi connectivity index (χ2n) is 7.76. The predicted octanol–water partition coefficient (Wildman–Crippen LogP) is 4.28. The first-order chi connectivity index (χ1) is 15.1. The zero-order valence-corrected chi connectivity index (χ0v) is 17.2. The highest BCUT2D eigenvalue weighted by Gasteiger charge is 2.23. The van der Waals surface area contributed by atoms with E-state index in [0.29, 0.717) is 22.2 Å². The van der Waals surface area contributed by atoms with Gasteiger partial charge in [0, 0.05) is 16.9 Å². The molecule has 1 heterocycles. The Hall–Kier alpha value is -3.54. The molecule has 1 fully saturated rings. The van der Waals surface area contributed by atoms with Gasteiger partial charge in [-0.1, -0.05) is 67.8 Å². The minimum absolute atomic E-state index is 0.133. The maximum Gasteiger partial charge on any atom is 0.339 e. The summed E-state index contributed by atoms with van der Waals surface area (Å²) in [5, 5.41) is 3.01. The molecule has 6 heteroatoms. The summed E-state index contributed by atoms with van der Waals surface area (Å²) >= 11 is 0. The van der Waals surface area contributed by atoms with Gasteiger partial charge in [0.1, 0.15) is 0 Å². The van der Waals surface area contributed by atoms with Crippen LogP contribution in [-0.2, 0) is 14.3 Å². The quantitative estimate of drug-likeness (QED) is 0.628. The number of carbonyl (C=O) groups is 3. The van der Waals surface area contributed by atoms with Crippen molar-refractivity contribution in [3.8, 4) is 11.3 Å². The number of imide groups is 1. The Balaban J connectivity index is 1.48. The number of fused-ring (bicyclic) bond motifs is 1. The van der Waals surface area contributed by atoms with Crippen LogP contribution in [0, 0.1) is 5.92 Å². The van der Waals surface area contributed by atoms with Gasteiger partial charge in [-0.3, -0.25) is 14.9 Å². The third-order valence-corrected chi connectivity index (χ3v) is 5.58. The summed E-state index contributed by atoms with van der Waals surface area (Å²) in [6.07, 6.45) is 4.72. The standard InChI is InChI=1S/C25H24N2O4/c28-23(27-24(29)18-11-5-2-6-12-18)16-31-25(30)20-15-22(17-9-3-1-4-10-17)26-21-14-8-7-13-19(20)21/h1,3-4,7-10,13-15,18H,2,5-6,11-12,16H2,(H,27,28,29). The number of nitrogens with one attached hydrogen (secondary N) is 1. The summed E-state index contributed by atoms with van der Waals surface area (Å²) in [4.78, 5) is 41.8. The number of carbonyl (C=O) groups excluding carboxylic acids is 3. The van der Waals surface area contributed by atoms with E-state index < -0.39 is 18.5 Å². The number of rotatable bonds is 5. The van der Waals surface area contributed by atoms with E-state index in [1.165, 1.54) is 0 Å². The monoisotopic (exact) mass is 416 g/mol. The van der Waals surface area contributed by atoms with Crippen molar-refractivity contribution in [1.29, 1.82) is 0 Å². The molecule has 4 rings (SSSR count). The largest absolute Gasteiger partial charge is 0.452 e. The van der Waals surface area contributed by atoms with E-state index in [4.69, 9.17) is 4.74 Å². The van der Waals surface area contributed by atoms with Crippen LogP contribution in [-0.4, -0.2) is 29.4 Å². The van der Waals surface area contributed by atoms with Gasteiger partial charge in [-0.2, -0.15) is 0 Å². The van der Waals surface area contributed by atoms with Gasteiger partial charge in [-0.15, -0.1) is 0 Å². The van der Waals surface area contributed by atoms with Gasteiger partial charge >= 0.3 is 5.97 Å². The van der Waals surface area contributed by atoms with Crippen LogP contribution in [0.15, 0.2) is 60.7 Å². The first kappa shape index (κ1) is 20.7. The molecule has 0 atom stereocenters. The molecule has 31 heavy (non-hydrogen) atoms. The van der Waals surface area contributed by atoms with Gasteiger partial charge in [-0.05, 0) is 25.0 Å². The second-order valence-corrected chi connectivity index (χ2v) is 7.76. The normalized spacial score (nSPS) is 14.2. The molecular weight excluding hydrogens is 392 g/mol. The highest BCUT2D eigenvalue weighted by Crippen LogP contribution is 2.26. The van der Waals surface area contributed by atoms with Crippen molar-refractivity contribution in [2.45, 2.75) is 32.1 Å². The van der Waals surface area contributed by atoms with Crippen LogP contribution in [0.5, 0.6) is 0 Å². The first-order valence-electron chi connectivity index (χ1n) is 10.6. The maximum absolute atomic E-state index is 12.8. The summed E-state index contributed by atoms with van der Waals surface area (Å²) in [5.41, 5.74) is 2.50. The van der Waals surface area contributed by atoms with E-state index in [-0.39, 0.29) is 11.8 Å². The molecule has 1 saturated carbocycles. The molecule has 1 aliphatic carbocycles. The van der Waals surface area contributed by atoms with E-state index in [9.17, 15) is 14.4 Å². The molecule has 0 aliphatic heterocycles. The van der Waals surface area contributed by atoms with E-state index in [1.54, 1.807) is 12.1 Å². The fraction of sp³-hybridized carbons (Fsp3) is 0.280. The van der Waals surface area contributed by atoms with E-state index in [2.05, 4.69) is 10.3 Å². The van der Waals surface area contributed by atoms with Crippen LogP contribution in [0.1, 0.15) is 42.5 Å². The summed E-state index contributed by atoms with van der Waals surface area (Å²) in [5.74, 6) is -1.64. The number of esters is 1. The number of hydrogen-bond acceptors (Lipinski definition) is 5. The number of nitrogens with zero attached hydrogens (tertiary/aromatic N) is 1. The topological polar surface area (TPSA) is 85.4 Å². The van der Waals surface area contributed by atoms with Gasteiger partial charge in [0.15, 0.2) is 6.61 Å². The number of aromatic nitrogens is 1. The maximum atomic E-state index is 12.8. The number of hydrogen-bond donors (Lipinski definition) is 1. The Bertz CT molecular complexity index is 1100. The van der Waals surface area contributed by atoms with Crippen LogP contribution in [0.4, 0.5) is 0 Å². The van der Waals surface area contributed by atoms with Crippen molar-refractivity contribution in [2.24, 2.45) is 5.92 Å². The van der Waals surface area contributed by atoms with Gasteiger partial charge in [0.2, 0.25) is 5.91 Å². The van der Waals surface area contributed by atoms with Crippen LogP contribution in [0.2, 0.25) is 0 Å². The molecule has 0 saturated heterocycles. The Kier molecular flexibility index (Phi) is 6.36. The molecule has 1 N–H and O–H groups in total. The van der Waals surface area contributed by atoms with Crippen LogP contribution in [0.3, 0.4) is 0 Å². The first-order valence-corrected chi connectivity index (χ1v) is 10.6. The van der Waals surface area contributed by atoms with Crippen molar-refractivity contribution < 1.29 is 19.1 Å². The lowest BCUT2D eigenvalue weighted by atomic mass is 9.89. The molecular formula is C25H24N2O4.